The molecule has 0 atom stereocenters. The Hall–Kier alpha value is -2.83. The monoisotopic (exact) mass is 418 g/mol. The van der Waals surface area contributed by atoms with Gasteiger partial charge < -0.3 is 14.6 Å². The summed E-state index contributed by atoms with van der Waals surface area (Å²) in [7, 11) is 1.58. The molecule has 144 valence electrons. The van der Waals surface area contributed by atoms with E-state index in [0.29, 0.717) is 20.9 Å². The quantitative estimate of drug-likeness (QED) is 0.641. The van der Waals surface area contributed by atoms with Crippen LogP contribution >= 0.6 is 23.2 Å². The molecule has 1 aromatic heterocycles. The molecule has 3 rings (SSSR count). The minimum atomic E-state index is -0.737. The summed E-state index contributed by atoms with van der Waals surface area (Å²) in [4.78, 5) is 40.5. The average Bonchev–Trinajstić information content (AvgIpc) is 2.67. The largest absolute Gasteiger partial charge is 0.452 e. The van der Waals surface area contributed by atoms with Crippen LogP contribution in [0.15, 0.2) is 53.3 Å². The highest BCUT2D eigenvalue weighted by molar-refractivity contribution is 6.42. The molecule has 8 heteroatoms. The van der Waals surface area contributed by atoms with Crippen molar-refractivity contribution in [3.05, 3.63) is 80.1 Å². The maximum absolute atomic E-state index is 12.4. The van der Waals surface area contributed by atoms with Crippen LogP contribution < -0.4 is 5.56 Å². The maximum atomic E-state index is 12.4. The Morgan fingerprint density at radius 2 is 1.82 bits per heavy atom. The van der Waals surface area contributed by atoms with Gasteiger partial charge in [0.2, 0.25) is 5.56 Å². The summed E-state index contributed by atoms with van der Waals surface area (Å²) < 4.78 is 5.12. The summed E-state index contributed by atoms with van der Waals surface area (Å²) in [6.07, 6.45) is 0. The Balaban J connectivity index is 1.66. The molecule has 0 aliphatic rings. The Kier molecular flexibility index (Phi) is 6.02. The molecule has 1 amide bonds. The highest BCUT2D eigenvalue weighted by Gasteiger charge is 2.17. The van der Waals surface area contributed by atoms with E-state index in [1.807, 2.05) is 0 Å². The number of carbonyl (C=O) groups is 2. The first-order valence-electron chi connectivity index (χ1n) is 8.32. The first kappa shape index (κ1) is 19.9. The number of aromatic amines is 1. The second kappa shape index (κ2) is 8.46. The lowest BCUT2D eigenvalue weighted by molar-refractivity contribution is -0.133. The van der Waals surface area contributed by atoms with Gasteiger partial charge in [0.1, 0.15) is 0 Å². The van der Waals surface area contributed by atoms with Crippen LogP contribution in [0.3, 0.4) is 0 Å². The van der Waals surface area contributed by atoms with Crippen molar-refractivity contribution in [1.29, 1.82) is 0 Å². The molecule has 0 aliphatic heterocycles. The van der Waals surface area contributed by atoms with Crippen LogP contribution in [0.2, 0.25) is 10.0 Å². The average molecular weight is 419 g/mol. The number of nitrogens with zero attached hydrogens (tertiary/aromatic N) is 1. The second-order valence-electron chi connectivity index (χ2n) is 6.17. The molecule has 2 aromatic carbocycles. The van der Waals surface area contributed by atoms with E-state index in [1.165, 1.54) is 4.90 Å². The lowest BCUT2D eigenvalue weighted by Gasteiger charge is -2.17. The summed E-state index contributed by atoms with van der Waals surface area (Å²) in [5.41, 5.74) is 0.996. The van der Waals surface area contributed by atoms with Crippen LogP contribution in [0.4, 0.5) is 0 Å². The van der Waals surface area contributed by atoms with E-state index in [-0.39, 0.29) is 12.1 Å². The van der Waals surface area contributed by atoms with Crippen molar-refractivity contribution in [2.24, 2.45) is 0 Å². The molecule has 28 heavy (non-hydrogen) atoms. The number of hydrogen-bond donors (Lipinski definition) is 1. The third kappa shape index (κ3) is 4.52. The molecule has 0 radical (unpaired) electrons. The number of aromatic nitrogens is 1. The van der Waals surface area contributed by atoms with Gasteiger partial charge in [-0.2, -0.15) is 0 Å². The van der Waals surface area contributed by atoms with Gasteiger partial charge in [-0.1, -0.05) is 47.5 Å². The van der Waals surface area contributed by atoms with Crippen LogP contribution in [0.1, 0.15) is 15.9 Å². The SMILES string of the molecule is CN(Cc1ccc(Cl)c(Cl)c1)C(=O)COC(=O)c1cc(=O)[nH]c2ccccc12. The first-order valence-corrected chi connectivity index (χ1v) is 9.08. The Labute approximate surface area is 170 Å². The Bertz CT molecular complexity index is 1110. The number of hydrogen-bond acceptors (Lipinski definition) is 4. The molecule has 1 N–H and O–H groups in total. The molecule has 3 aromatic rings. The fourth-order valence-corrected chi connectivity index (χ4v) is 3.01. The highest BCUT2D eigenvalue weighted by atomic mass is 35.5. The van der Waals surface area contributed by atoms with E-state index >= 15 is 0 Å². The predicted octanol–water partition coefficient (Wildman–Crippen LogP) is 3.65. The van der Waals surface area contributed by atoms with Gasteiger partial charge in [-0.05, 0) is 23.8 Å². The molecule has 0 unspecified atom stereocenters. The molecular weight excluding hydrogens is 403 g/mol. The first-order chi connectivity index (χ1) is 13.3. The number of esters is 1. The van der Waals surface area contributed by atoms with E-state index in [4.69, 9.17) is 27.9 Å². The number of nitrogens with one attached hydrogen (secondary N) is 1. The molecule has 6 nitrogen and oxygen atoms in total. The van der Waals surface area contributed by atoms with Crippen molar-refractivity contribution < 1.29 is 14.3 Å². The number of benzene rings is 2. The standard InChI is InChI=1S/C20H16Cl2N2O4/c1-24(10-12-6-7-15(21)16(22)8-12)19(26)11-28-20(27)14-9-18(25)23-17-5-3-2-4-13(14)17/h2-9H,10-11H2,1H3,(H,23,25). The van der Waals surface area contributed by atoms with Gasteiger partial charge in [0, 0.05) is 30.6 Å². The van der Waals surface area contributed by atoms with Crippen LogP contribution in [0, 0.1) is 0 Å². The summed E-state index contributed by atoms with van der Waals surface area (Å²) in [5.74, 6) is -1.13. The summed E-state index contributed by atoms with van der Waals surface area (Å²) in [6, 6.07) is 13.1. The highest BCUT2D eigenvalue weighted by Crippen LogP contribution is 2.23. The number of H-pyrrole nitrogens is 1. The van der Waals surface area contributed by atoms with Crippen LogP contribution in [0.25, 0.3) is 10.9 Å². The second-order valence-corrected chi connectivity index (χ2v) is 6.98. The molecule has 0 bridgehead atoms. The van der Waals surface area contributed by atoms with E-state index in [2.05, 4.69) is 4.98 Å². The van der Waals surface area contributed by atoms with Gasteiger partial charge in [-0.25, -0.2) is 4.79 Å². The van der Waals surface area contributed by atoms with Gasteiger partial charge in [0.25, 0.3) is 5.91 Å². The zero-order chi connectivity index (χ0) is 20.3. The van der Waals surface area contributed by atoms with Crippen molar-refractivity contribution >= 4 is 46.0 Å². The Morgan fingerprint density at radius 3 is 2.57 bits per heavy atom. The number of halogens is 2. The number of likely N-dealkylation sites (N-methyl/N-ethyl adjacent to an activating group) is 1. The minimum absolute atomic E-state index is 0.110. The maximum Gasteiger partial charge on any atom is 0.339 e. The van der Waals surface area contributed by atoms with Crippen molar-refractivity contribution in [2.45, 2.75) is 6.54 Å². The van der Waals surface area contributed by atoms with E-state index in [1.54, 1.807) is 49.5 Å². The zero-order valence-electron chi connectivity index (χ0n) is 14.9. The summed E-state index contributed by atoms with van der Waals surface area (Å²) >= 11 is 11.9. The van der Waals surface area contributed by atoms with E-state index < -0.39 is 24.0 Å². The van der Waals surface area contributed by atoms with Crippen LogP contribution in [0.5, 0.6) is 0 Å². The number of para-hydroxylation sites is 1. The molecule has 0 spiro atoms. The van der Waals surface area contributed by atoms with E-state index in [9.17, 15) is 14.4 Å². The zero-order valence-corrected chi connectivity index (χ0v) is 16.4. The number of ether oxygens (including phenoxy) is 1. The number of rotatable bonds is 5. The number of fused-ring (bicyclic) bond motifs is 1. The number of amides is 1. The van der Waals surface area contributed by atoms with Crippen molar-refractivity contribution in [3.63, 3.8) is 0 Å². The molecule has 0 saturated heterocycles. The van der Waals surface area contributed by atoms with Gasteiger partial charge in [-0.3, -0.25) is 9.59 Å². The summed E-state index contributed by atoms with van der Waals surface area (Å²) in [5, 5.41) is 1.37. The lowest BCUT2D eigenvalue weighted by atomic mass is 10.1. The van der Waals surface area contributed by atoms with Crippen LogP contribution in [-0.2, 0) is 16.1 Å². The van der Waals surface area contributed by atoms with Crippen LogP contribution in [-0.4, -0.2) is 35.4 Å². The fraction of sp³-hybridized carbons (Fsp3) is 0.150. The molecular formula is C20H16Cl2N2O4. The van der Waals surface area contributed by atoms with Crippen molar-refractivity contribution in [3.8, 4) is 0 Å². The van der Waals surface area contributed by atoms with Gasteiger partial charge in [0.05, 0.1) is 15.6 Å². The van der Waals surface area contributed by atoms with Gasteiger partial charge >= 0.3 is 5.97 Å². The Morgan fingerprint density at radius 1 is 1.07 bits per heavy atom. The molecule has 1 heterocycles. The molecule has 0 fully saturated rings. The lowest BCUT2D eigenvalue weighted by Crippen LogP contribution is -2.31. The number of carbonyl (C=O) groups excluding carboxylic acids is 2. The normalized spacial score (nSPS) is 10.7. The van der Waals surface area contributed by atoms with Gasteiger partial charge in [-0.15, -0.1) is 0 Å². The molecule has 0 aliphatic carbocycles. The third-order valence-electron chi connectivity index (χ3n) is 4.13. The fourth-order valence-electron chi connectivity index (χ4n) is 2.69. The topological polar surface area (TPSA) is 79.5 Å². The summed E-state index contributed by atoms with van der Waals surface area (Å²) in [6.45, 7) is -0.168. The smallest absolute Gasteiger partial charge is 0.339 e. The molecule has 0 saturated carbocycles. The van der Waals surface area contributed by atoms with Crippen molar-refractivity contribution in [1.82, 2.24) is 9.88 Å². The van der Waals surface area contributed by atoms with Crippen molar-refractivity contribution in [2.75, 3.05) is 13.7 Å². The van der Waals surface area contributed by atoms with Gasteiger partial charge in [0.15, 0.2) is 6.61 Å². The number of pyridine rings is 1. The predicted molar refractivity (Wildman–Crippen MR) is 108 cm³/mol. The van der Waals surface area contributed by atoms with E-state index in [0.717, 1.165) is 11.6 Å². The third-order valence-corrected chi connectivity index (χ3v) is 4.87. The minimum Gasteiger partial charge on any atom is -0.452 e.